The summed E-state index contributed by atoms with van der Waals surface area (Å²) in [5.41, 5.74) is 2.83. The maximum atomic E-state index is 13.2. The van der Waals surface area contributed by atoms with Crippen LogP contribution in [0.15, 0.2) is 53.3 Å². The fourth-order valence-corrected chi connectivity index (χ4v) is 3.61. The van der Waals surface area contributed by atoms with E-state index in [-0.39, 0.29) is 23.2 Å². The van der Waals surface area contributed by atoms with Crippen LogP contribution in [-0.4, -0.2) is 15.7 Å². The Bertz CT molecular complexity index is 927. The third-order valence-corrected chi connectivity index (χ3v) is 4.80. The van der Waals surface area contributed by atoms with Gasteiger partial charge in [0.15, 0.2) is 5.76 Å². The normalized spacial score (nSPS) is 18.3. The molecule has 134 valence electrons. The molecule has 2 heterocycles. The van der Waals surface area contributed by atoms with Crippen LogP contribution in [-0.2, 0) is 6.42 Å². The zero-order valence-corrected chi connectivity index (χ0v) is 14.7. The first-order valence-corrected chi connectivity index (χ1v) is 8.60. The molecule has 0 spiro atoms. The van der Waals surface area contributed by atoms with Gasteiger partial charge in [-0.1, -0.05) is 13.8 Å². The summed E-state index contributed by atoms with van der Waals surface area (Å²) in [5, 5.41) is 7.56. The van der Waals surface area contributed by atoms with E-state index in [0.717, 1.165) is 29.8 Å². The van der Waals surface area contributed by atoms with Crippen LogP contribution in [0.3, 0.4) is 0 Å². The summed E-state index contributed by atoms with van der Waals surface area (Å²) < 4.78 is 20.3. The average Bonchev–Trinajstić information content (AvgIpc) is 3.24. The summed E-state index contributed by atoms with van der Waals surface area (Å²) in [6.45, 7) is 4.34. The number of fused-ring (bicyclic) bond motifs is 1. The van der Waals surface area contributed by atoms with Crippen LogP contribution < -0.4 is 5.32 Å². The van der Waals surface area contributed by atoms with Gasteiger partial charge in [-0.15, -0.1) is 0 Å². The first-order chi connectivity index (χ1) is 12.4. The first-order valence-electron chi connectivity index (χ1n) is 8.60. The van der Waals surface area contributed by atoms with E-state index in [1.54, 1.807) is 30.5 Å². The van der Waals surface area contributed by atoms with E-state index < -0.39 is 0 Å². The molecule has 4 rings (SSSR count). The number of rotatable bonds is 3. The van der Waals surface area contributed by atoms with Crippen molar-refractivity contribution in [3.8, 4) is 5.69 Å². The number of aromatic nitrogens is 2. The highest BCUT2D eigenvalue weighted by Gasteiger charge is 2.36. The van der Waals surface area contributed by atoms with E-state index in [1.165, 1.54) is 18.4 Å². The van der Waals surface area contributed by atoms with Crippen molar-refractivity contribution in [2.75, 3.05) is 0 Å². The Morgan fingerprint density at radius 1 is 1.31 bits per heavy atom. The minimum absolute atomic E-state index is 0.00801. The van der Waals surface area contributed by atoms with Crippen LogP contribution in [0, 0.1) is 11.2 Å². The van der Waals surface area contributed by atoms with Gasteiger partial charge in [-0.25, -0.2) is 9.07 Å². The minimum Gasteiger partial charge on any atom is -0.459 e. The van der Waals surface area contributed by atoms with Crippen LogP contribution in [0.25, 0.3) is 5.69 Å². The van der Waals surface area contributed by atoms with E-state index in [2.05, 4.69) is 24.3 Å². The highest BCUT2D eigenvalue weighted by Crippen LogP contribution is 2.41. The number of nitrogens with zero attached hydrogens (tertiary/aromatic N) is 2. The van der Waals surface area contributed by atoms with Crippen LogP contribution in [0.5, 0.6) is 0 Å². The van der Waals surface area contributed by atoms with Gasteiger partial charge in [-0.05, 0) is 54.7 Å². The van der Waals surface area contributed by atoms with Gasteiger partial charge in [0.25, 0.3) is 5.91 Å². The zero-order chi connectivity index (χ0) is 18.3. The van der Waals surface area contributed by atoms with E-state index in [9.17, 15) is 9.18 Å². The molecule has 1 aliphatic rings. The highest BCUT2D eigenvalue weighted by molar-refractivity contribution is 5.91. The largest absolute Gasteiger partial charge is 0.459 e. The number of carbonyl (C=O) groups is 1. The second kappa shape index (κ2) is 6.12. The summed E-state index contributed by atoms with van der Waals surface area (Å²) >= 11 is 0. The summed E-state index contributed by atoms with van der Waals surface area (Å²) in [6.07, 6.45) is 4.91. The number of hydrogen-bond acceptors (Lipinski definition) is 3. The lowest BCUT2D eigenvalue weighted by Gasteiger charge is -2.35. The summed E-state index contributed by atoms with van der Waals surface area (Å²) in [7, 11) is 0. The number of carbonyl (C=O) groups excluding carboxylic acids is 1. The Balaban J connectivity index is 1.69. The molecule has 6 heteroatoms. The van der Waals surface area contributed by atoms with Crippen LogP contribution in [0.1, 0.15) is 48.1 Å². The van der Waals surface area contributed by atoms with Crippen LogP contribution in [0.4, 0.5) is 4.39 Å². The molecule has 2 aromatic heterocycles. The zero-order valence-electron chi connectivity index (χ0n) is 14.7. The third kappa shape index (κ3) is 3.03. The molecule has 1 atom stereocenters. The second-order valence-corrected chi connectivity index (χ2v) is 7.48. The Morgan fingerprint density at radius 2 is 2.08 bits per heavy atom. The van der Waals surface area contributed by atoms with Crippen molar-refractivity contribution in [1.82, 2.24) is 15.1 Å². The number of nitrogens with one attached hydrogen (secondary N) is 1. The molecule has 0 aliphatic heterocycles. The van der Waals surface area contributed by atoms with Gasteiger partial charge < -0.3 is 9.73 Å². The Labute approximate surface area is 150 Å². The molecule has 0 unspecified atom stereocenters. The lowest BCUT2D eigenvalue weighted by atomic mass is 9.74. The Kier molecular flexibility index (Phi) is 3.90. The topological polar surface area (TPSA) is 60.1 Å². The monoisotopic (exact) mass is 353 g/mol. The van der Waals surface area contributed by atoms with Gasteiger partial charge in [-0.3, -0.25) is 4.79 Å². The predicted octanol–water partition coefficient (Wildman–Crippen LogP) is 4.05. The van der Waals surface area contributed by atoms with Gasteiger partial charge in [-0.2, -0.15) is 5.10 Å². The maximum Gasteiger partial charge on any atom is 0.287 e. The first kappa shape index (κ1) is 16.6. The number of amides is 1. The van der Waals surface area contributed by atoms with Crippen molar-refractivity contribution in [3.63, 3.8) is 0 Å². The van der Waals surface area contributed by atoms with E-state index >= 15 is 0 Å². The lowest BCUT2D eigenvalue weighted by molar-refractivity contribution is 0.0891. The predicted molar refractivity (Wildman–Crippen MR) is 94.5 cm³/mol. The molecule has 1 aromatic carbocycles. The quantitative estimate of drug-likeness (QED) is 0.773. The molecule has 0 fully saturated rings. The van der Waals surface area contributed by atoms with Crippen LogP contribution in [0.2, 0.25) is 0 Å². The van der Waals surface area contributed by atoms with Gasteiger partial charge in [0.05, 0.1) is 29.9 Å². The van der Waals surface area contributed by atoms with E-state index in [4.69, 9.17) is 4.42 Å². The summed E-state index contributed by atoms with van der Waals surface area (Å²) in [4.78, 5) is 12.4. The molecule has 1 amide bonds. The maximum absolute atomic E-state index is 13.2. The van der Waals surface area contributed by atoms with Gasteiger partial charge in [0.2, 0.25) is 0 Å². The molecule has 0 saturated heterocycles. The molecule has 0 bridgehead atoms. The number of benzene rings is 1. The molecule has 0 saturated carbocycles. The standard InChI is InChI=1S/C20H20FN3O2/c1-20(2)10-16(23-19(25)18-4-3-9-26-18)15-12-22-24(17(15)11-20)14-7-5-13(21)6-8-14/h3-9,12,16H,10-11H2,1-2H3,(H,23,25)/t16-/m1/s1. The summed E-state index contributed by atoms with van der Waals surface area (Å²) in [6, 6.07) is 9.45. The van der Waals surface area contributed by atoms with Gasteiger partial charge >= 0.3 is 0 Å². The number of furan rings is 1. The van der Waals surface area contributed by atoms with Crippen molar-refractivity contribution in [2.45, 2.75) is 32.7 Å². The Morgan fingerprint density at radius 3 is 2.77 bits per heavy atom. The molecule has 3 aromatic rings. The molecule has 5 nitrogen and oxygen atoms in total. The second-order valence-electron chi connectivity index (χ2n) is 7.48. The number of hydrogen-bond donors (Lipinski definition) is 1. The van der Waals surface area contributed by atoms with E-state index in [1.807, 2.05) is 4.68 Å². The average molecular weight is 353 g/mol. The molecular formula is C20H20FN3O2. The van der Waals surface area contributed by atoms with Crippen molar-refractivity contribution in [2.24, 2.45) is 5.41 Å². The van der Waals surface area contributed by atoms with Gasteiger partial charge in [0, 0.05) is 5.56 Å². The summed E-state index contributed by atoms with van der Waals surface area (Å²) in [5.74, 6) is -0.224. The molecule has 26 heavy (non-hydrogen) atoms. The fraction of sp³-hybridized carbons (Fsp3) is 0.300. The van der Waals surface area contributed by atoms with Crippen molar-refractivity contribution < 1.29 is 13.6 Å². The van der Waals surface area contributed by atoms with Crippen LogP contribution >= 0.6 is 0 Å². The molecule has 1 N–H and O–H groups in total. The number of halogens is 1. The van der Waals surface area contributed by atoms with Crippen molar-refractivity contribution in [1.29, 1.82) is 0 Å². The van der Waals surface area contributed by atoms with E-state index in [0.29, 0.717) is 5.76 Å². The SMILES string of the molecule is CC1(C)Cc2c(cnn2-c2ccc(F)cc2)[C@H](NC(=O)c2ccco2)C1. The fourth-order valence-electron chi connectivity index (χ4n) is 3.61. The van der Waals surface area contributed by atoms with Crippen molar-refractivity contribution in [3.05, 3.63) is 71.7 Å². The third-order valence-electron chi connectivity index (χ3n) is 4.80. The molecule has 1 aliphatic carbocycles. The lowest BCUT2D eigenvalue weighted by Crippen LogP contribution is -2.36. The van der Waals surface area contributed by atoms with Crippen molar-refractivity contribution >= 4 is 5.91 Å². The molecular weight excluding hydrogens is 333 g/mol. The van der Waals surface area contributed by atoms with Gasteiger partial charge in [0.1, 0.15) is 5.82 Å². The Hall–Kier alpha value is -2.89. The highest BCUT2D eigenvalue weighted by atomic mass is 19.1. The smallest absolute Gasteiger partial charge is 0.287 e. The minimum atomic E-state index is -0.279. The molecule has 0 radical (unpaired) electrons.